The zero-order chi connectivity index (χ0) is 16.8. The van der Waals surface area contributed by atoms with E-state index in [0.29, 0.717) is 30.4 Å². The average molecular weight is 327 g/mol. The van der Waals surface area contributed by atoms with Crippen LogP contribution in [0.25, 0.3) is 0 Å². The van der Waals surface area contributed by atoms with Gasteiger partial charge in [0.2, 0.25) is 0 Å². The summed E-state index contributed by atoms with van der Waals surface area (Å²) in [6.45, 7) is 1.69. The van der Waals surface area contributed by atoms with Crippen molar-refractivity contribution >= 4 is 5.91 Å². The van der Waals surface area contributed by atoms with Crippen LogP contribution in [0.5, 0.6) is 5.75 Å². The molecule has 1 saturated heterocycles. The summed E-state index contributed by atoms with van der Waals surface area (Å²) in [5, 5.41) is 0. The Morgan fingerprint density at radius 2 is 2.08 bits per heavy atom. The molecule has 24 heavy (non-hydrogen) atoms. The molecule has 0 saturated carbocycles. The number of ether oxygens (including phenoxy) is 2. The van der Waals surface area contributed by atoms with Gasteiger partial charge in [-0.2, -0.15) is 0 Å². The second kappa shape index (κ2) is 7.88. The summed E-state index contributed by atoms with van der Waals surface area (Å²) in [5.41, 5.74) is 0.618. The fourth-order valence-electron chi connectivity index (χ4n) is 2.89. The SMILES string of the molecule is COCCOc1cccc(C(=O)N2CCC[C@H]2c2ncccn2)c1. The molecule has 0 unspecified atom stereocenters. The maximum absolute atomic E-state index is 12.9. The Balaban J connectivity index is 1.74. The molecule has 1 aromatic carbocycles. The maximum Gasteiger partial charge on any atom is 0.254 e. The first-order valence-electron chi connectivity index (χ1n) is 8.09. The van der Waals surface area contributed by atoms with Crippen LogP contribution in [0, 0.1) is 0 Å². The first-order chi connectivity index (χ1) is 11.8. The van der Waals surface area contributed by atoms with Crippen LogP contribution in [0.2, 0.25) is 0 Å². The molecule has 0 bridgehead atoms. The Hall–Kier alpha value is -2.47. The van der Waals surface area contributed by atoms with Crippen LogP contribution in [-0.2, 0) is 4.74 Å². The summed E-state index contributed by atoms with van der Waals surface area (Å²) >= 11 is 0. The topological polar surface area (TPSA) is 64.6 Å². The van der Waals surface area contributed by atoms with Crippen LogP contribution in [0.3, 0.4) is 0 Å². The van der Waals surface area contributed by atoms with E-state index in [2.05, 4.69) is 9.97 Å². The van der Waals surface area contributed by atoms with Gasteiger partial charge in [-0.25, -0.2) is 9.97 Å². The van der Waals surface area contributed by atoms with E-state index >= 15 is 0 Å². The molecule has 1 aliphatic rings. The van der Waals surface area contributed by atoms with Gasteiger partial charge in [-0.05, 0) is 37.1 Å². The summed E-state index contributed by atoms with van der Waals surface area (Å²) < 4.78 is 10.6. The largest absolute Gasteiger partial charge is 0.491 e. The van der Waals surface area contributed by atoms with Crippen molar-refractivity contribution in [2.24, 2.45) is 0 Å². The number of methoxy groups -OCH3 is 1. The Morgan fingerprint density at radius 3 is 2.88 bits per heavy atom. The van der Waals surface area contributed by atoms with Gasteiger partial charge in [-0.1, -0.05) is 6.07 Å². The van der Waals surface area contributed by atoms with Gasteiger partial charge < -0.3 is 14.4 Å². The third kappa shape index (κ3) is 3.71. The van der Waals surface area contributed by atoms with Crippen LogP contribution < -0.4 is 4.74 Å². The molecule has 1 aliphatic heterocycles. The van der Waals surface area contributed by atoms with Crippen LogP contribution >= 0.6 is 0 Å². The van der Waals surface area contributed by atoms with E-state index in [4.69, 9.17) is 9.47 Å². The highest BCUT2D eigenvalue weighted by molar-refractivity contribution is 5.95. The standard InChI is InChI=1S/C18H21N3O3/c1-23-11-12-24-15-6-2-5-14(13-15)18(22)21-10-3-7-16(21)17-19-8-4-9-20-17/h2,4-6,8-9,13,16H,3,7,10-12H2,1H3/t16-/m0/s1. The van der Waals surface area contributed by atoms with Gasteiger partial charge in [0.05, 0.1) is 12.6 Å². The van der Waals surface area contributed by atoms with Crippen molar-refractivity contribution in [3.8, 4) is 5.75 Å². The lowest BCUT2D eigenvalue weighted by atomic mass is 10.1. The van der Waals surface area contributed by atoms with Gasteiger partial charge in [0.15, 0.2) is 5.82 Å². The summed E-state index contributed by atoms with van der Waals surface area (Å²) in [4.78, 5) is 23.4. The van der Waals surface area contributed by atoms with Gasteiger partial charge in [-0.3, -0.25) is 4.79 Å². The quantitative estimate of drug-likeness (QED) is 0.763. The Morgan fingerprint density at radius 1 is 1.25 bits per heavy atom. The molecule has 0 spiro atoms. The van der Waals surface area contributed by atoms with Crippen molar-refractivity contribution in [3.63, 3.8) is 0 Å². The molecular formula is C18H21N3O3. The first-order valence-corrected chi connectivity index (χ1v) is 8.09. The summed E-state index contributed by atoms with van der Waals surface area (Å²) in [6.07, 6.45) is 5.28. The van der Waals surface area contributed by atoms with E-state index in [1.165, 1.54) is 0 Å². The molecule has 6 heteroatoms. The minimum absolute atomic E-state index is 0.0119. The van der Waals surface area contributed by atoms with Crippen molar-refractivity contribution in [2.45, 2.75) is 18.9 Å². The molecule has 126 valence electrons. The number of carbonyl (C=O) groups excluding carboxylic acids is 1. The molecule has 0 aliphatic carbocycles. The van der Waals surface area contributed by atoms with Crippen LogP contribution in [-0.4, -0.2) is 47.6 Å². The van der Waals surface area contributed by atoms with E-state index < -0.39 is 0 Å². The van der Waals surface area contributed by atoms with E-state index in [0.717, 1.165) is 19.4 Å². The number of benzene rings is 1. The number of hydrogen-bond donors (Lipinski definition) is 0. The van der Waals surface area contributed by atoms with Crippen molar-refractivity contribution in [1.29, 1.82) is 0 Å². The van der Waals surface area contributed by atoms with Gasteiger partial charge in [0, 0.05) is 31.6 Å². The lowest BCUT2D eigenvalue weighted by Crippen LogP contribution is -2.31. The van der Waals surface area contributed by atoms with E-state index in [1.807, 2.05) is 23.1 Å². The highest BCUT2D eigenvalue weighted by Gasteiger charge is 2.32. The van der Waals surface area contributed by atoms with E-state index in [1.54, 1.807) is 31.6 Å². The lowest BCUT2D eigenvalue weighted by molar-refractivity contribution is 0.0729. The third-order valence-corrected chi connectivity index (χ3v) is 4.03. The number of amides is 1. The molecule has 0 radical (unpaired) electrons. The summed E-state index contributed by atoms with van der Waals surface area (Å²) in [7, 11) is 1.63. The fourth-order valence-corrected chi connectivity index (χ4v) is 2.89. The van der Waals surface area contributed by atoms with Crippen LogP contribution in [0.15, 0.2) is 42.7 Å². The Kier molecular flexibility index (Phi) is 5.38. The Labute approximate surface area is 141 Å². The zero-order valence-corrected chi connectivity index (χ0v) is 13.7. The van der Waals surface area contributed by atoms with Crippen molar-refractivity contribution in [3.05, 3.63) is 54.1 Å². The molecule has 2 aromatic rings. The van der Waals surface area contributed by atoms with Crippen molar-refractivity contribution < 1.29 is 14.3 Å². The monoisotopic (exact) mass is 327 g/mol. The number of carbonyl (C=O) groups is 1. The predicted octanol–water partition coefficient (Wildman–Crippen LogP) is 2.48. The molecule has 6 nitrogen and oxygen atoms in total. The van der Waals surface area contributed by atoms with Crippen molar-refractivity contribution in [1.82, 2.24) is 14.9 Å². The second-order valence-electron chi connectivity index (χ2n) is 5.63. The van der Waals surface area contributed by atoms with Gasteiger partial charge in [0.25, 0.3) is 5.91 Å². The maximum atomic E-state index is 12.9. The van der Waals surface area contributed by atoms with Gasteiger partial charge in [-0.15, -0.1) is 0 Å². The van der Waals surface area contributed by atoms with E-state index in [9.17, 15) is 4.79 Å². The lowest BCUT2D eigenvalue weighted by Gasteiger charge is -2.23. The number of rotatable bonds is 6. The predicted molar refractivity (Wildman–Crippen MR) is 88.9 cm³/mol. The summed E-state index contributed by atoms with van der Waals surface area (Å²) in [5.74, 6) is 1.36. The van der Waals surface area contributed by atoms with Crippen LogP contribution in [0.4, 0.5) is 0 Å². The third-order valence-electron chi connectivity index (χ3n) is 4.03. The number of hydrogen-bond acceptors (Lipinski definition) is 5. The number of likely N-dealkylation sites (tertiary alicyclic amines) is 1. The molecule has 1 amide bonds. The highest BCUT2D eigenvalue weighted by Crippen LogP contribution is 2.31. The molecule has 1 fully saturated rings. The highest BCUT2D eigenvalue weighted by atomic mass is 16.5. The number of nitrogens with zero attached hydrogens (tertiary/aromatic N) is 3. The molecular weight excluding hydrogens is 306 g/mol. The van der Waals surface area contributed by atoms with Crippen molar-refractivity contribution in [2.75, 3.05) is 26.9 Å². The Bertz CT molecular complexity index is 678. The first kappa shape index (κ1) is 16.4. The molecule has 0 N–H and O–H groups in total. The van der Waals surface area contributed by atoms with Crippen LogP contribution in [0.1, 0.15) is 35.1 Å². The fraction of sp³-hybridized carbons (Fsp3) is 0.389. The number of aromatic nitrogens is 2. The second-order valence-corrected chi connectivity index (χ2v) is 5.63. The van der Waals surface area contributed by atoms with E-state index in [-0.39, 0.29) is 11.9 Å². The molecule has 1 atom stereocenters. The van der Waals surface area contributed by atoms with Gasteiger partial charge >= 0.3 is 0 Å². The molecule has 3 rings (SSSR count). The molecule has 2 heterocycles. The minimum Gasteiger partial charge on any atom is -0.491 e. The average Bonchev–Trinajstić information content (AvgIpc) is 3.12. The zero-order valence-electron chi connectivity index (χ0n) is 13.7. The minimum atomic E-state index is -0.0586. The molecule has 1 aromatic heterocycles. The summed E-state index contributed by atoms with van der Waals surface area (Å²) in [6, 6.07) is 8.99. The smallest absolute Gasteiger partial charge is 0.254 e. The van der Waals surface area contributed by atoms with Gasteiger partial charge in [0.1, 0.15) is 12.4 Å². The normalized spacial score (nSPS) is 17.0.